The van der Waals surface area contributed by atoms with Crippen LogP contribution in [0.2, 0.25) is 0 Å². The van der Waals surface area contributed by atoms with Crippen LogP contribution >= 0.6 is 24.8 Å². The van der Waals surface area contributed by atoms with Gasteiger partial charge in [0.15, 0.2) is 0 Å². The number of hydrogen-bond donors (Lipinski definition) is 6. The molecule has 2 amide bonds. The summed E-state index contributed by atoms with van der Waals surface area (Å²) in [6.45, 7) is 2.52. The Morgan fingerprint density at radius 1 is 0.523 bits per heavy atom. The minimum atomic E-state index is -1.55. The average Bonchev–Trinajstić information content (AvgIpc) is 2.89. The number of ether oxygens (including phenoxy) is 4. The number of nitrogens with one attached hydrogen (secondary N) is 2. The summed E-state index contributed by atoms with van der Waals surface area (Å²) in [6, 6.07) is -3.11. The van der Waals surface area contributed by atoms with E-state index in [-0.39, 0.29) is 90.8 Å². The third-order valence-corrected chi connectivity index (χ3v) is 5.71. The highest BCUT2D eigenvalue weighted by Gasteiger charge is 2.25. The summed E-state index contributed by atoms with van der Waals surface area (Å²) in [7, 11) is 0. The van der Waals surface area contributed by atoms with Crippen molar-refractivity contribution in [3.63, 3.8) is 0 Å². The Morgan fingerprint density at radius 3 is 1.02 bits per heavy atom. The lowest BCUT2D eigenvalue weighted by atomic mass is 10.2. The van der Waals surface area contributed by atoms with Crippen LogP contribution < -0.4 is 10.6 Å². The summed E-state index contributed by atoms with van der Waals surface area (Å²) in [5, 5.41) is 40.4. The van der Waals surface area contributed by atoms with Gasteiger partial charge in [-0.1, -0.05) is 0 Å². The van der Waals surface area contributed by atoms with Gasteiger partial charge < -0.3 is 50.0 Å². The Kier molecular flexibility index (Phi) is 25.1. The molecule has 1 heterocycles. The van der Waals surface area contributed by atoms with E-state index in [1.807, 2.05) is 0 Å². The van der Waals surface area contributed by atoms with E-state index in [0.717, 1.165) is 0 Å². The first-order valence-electron chi connectivity index (χ1n) is 13.2. The molecule has 256 valence electrons. The molecule has 0 spiro atoms. The molecule has 0 aromatic heterocycles. The SMILES string of the molecule is Cl.Cl.O=C(O)CC(NC(=O)CN1CCOCCOCCN(CC(=O)NC(CC(=O)O)C(=O)O)CCOCCOCC1)C(=O)O. The first-order chi connectivity index (χ1) is 20.0. The van der Waals surface area contributed by atoms with Gasteiger partial charge in [0.25, 0.3) is 0 Å². The van der Waals surface area contributed by atoms with E-state index in [2.05, 4.69) is 10.6 Å². The van der Waals surface area contributed by atoms with Crippen LogP contribution in [0.1, 0.15) is 12.8 Å². The second-order valence-corrected chi connectivity index (χ2v) is 9.11. The van der Waals surface area contributed by atoms with E-state index in [0.29, 0.717) is 26.2 Å². The maximum Gasteiger partial charge on any atom is 0.326 e. The molecule has 0 bridgehead atoms. The van der Waals surface area contributed by atoms with Gasteiger partial charge in [0.2, 0.25) is 11.8 Å². The maximum atomic E-state index is 12.3. The van der Waals surface area contributed by atoms with Crippen LogP contribution in [0.4, 0.5) is 0 Å². The van der Waals surface area contributed by atoms with Crippen molar-refractivity contribution in [3.05, 3.63) is 0 Å². The second-order valence-electron chi connectivity index (χ2n) is 9.11. The molecule has 0 radical (unpaired) electrons. The molecule has 2 unspecified atom stereocenters. The van der Waals surface area contributed by atoms with E-state index in [1.165, 1.54) is 0 Å². The number of carbonyl (C=O) groups is 6. The molecule has 1 fully saturated rings. The van der Waals surface area contributed by atoms with Crippen molar-refractivity contribution in [3.8, 4) is 0 Å². The monoisotopic (exact) mass is 680 g/mol. The topological polar surface area (TPSA) is 251 Å². The zero-order valence-electron chi connectivity index (χ0n) is 24.1. The number of carbonyl (C=O) groups excluding carboxylic acids is 2. The lowest BCUT2D eigenvalue weighted by molar-refractivity contribution is -0.147. The van der Waals surface area contributed by atoms with Gasteiger partial charge in [-0.2, -0.15) is 0 Å². The Morgan fingerprint density at radius 2 is 0.795 bits per heavy atom. The summed E-state index contributed by atoms with van der Waals surface area (Å²) >= 11 is 0. The lowest BCUT2D eigenvalue weighted by Gasteiger charge is -2.24. The van der Waals surface area contributed by atoms with E-state index in [1.54, 1.807) is 9.80 Å². The maximum absolute atomic E-state index is 12.3. The highest BCUT2D eigenvalue weighted by molar-refractivity contribution is 5.88. The van der Waals surface area contributed by atoms with E-state index in [9.17, 15) is 28.8 Å². The summed E-state index contributed by atoms with van der Waals surface area (Å²) in [5.41, 5.74) is 0. The van der Waals surface area contributed by atoms with E-state index in [4.69, 9.17) is 39.4 Å². The summed E-state index contributed by atoms with van der Waals surface area (Å²) in [5.74, 6) is -6.93. The van der Waals surface area contributed by atoms with Gasteiger partial charge in [0.1, 0.15) is 12.1 Å². The van der Waals surface area contributed by atoms with Gasteiger partial charge in [0.05, 0.1) is 78.8 Å². The Hall–Kier alpha value is -2.84. The smallest absolute Gasteiger partial charge is 0.326 e. The number of halogens is 2. The molecular weight excluding hydrogens is 639 g/mol. The standard InChI is InChI=1S/C24H40N4O14.2ClH/c29-19(25-17(23(35)36)13-21(31)32)15-27-1-5-39-9-10-41-7-3-28(4-8-42-12-11-40-6-2-27)16-20(30)26-18(24(37)38)14-22(33)34;;/h17-18H,1-16H2,(H,25,29)(H,26,30)(H,31,32)(H,33,34)(H,35,36)(H,37,38);2*1H. The van der Waals surface area contributed by atoms with Crippen molar-refractivity contribution < 1.29 is 68.1 Å². The first kappa shape index (κ1) is 43.3. The van der Waals surface area contributed by atoms with Crippen LogP contribution in [-0.2, 0) is 47.7 Å². The molecule has 1 aliphatic rings. The predicted molar refractivity (Wildman–Crippen MR) is 154 cm³/mol. The van der Waals surface area contributed by atoms with Gasteiger partial charge in [0, 0.05) is 26.2 Å². The zero-order valence-corrected chi connectivity index (χ0v) is 25.7. The van der Waals surface area contributed by atoms with Gasteiger partial charge in [-0.3, -0.25) is 29.0 Å². The van der Waals surface area contributed by atoms with Crippen LogP contribution in [0.25, 0.3) is 0 Å². The highest BCUT2D eigenvalue weighted by atomic mass is 35.5. The van der Waals surface area contributed by atoms with E-state index < -0.39 is 60.6 Å². The normalized spacial score (nSPS) is 18.0. The molecule has 18 nitrogen and oxygen atoms in total. The molecule has 44 heavy (non-hydrogen) atoms. The minimum Gasteiger partial charge on any atom is -0.481 e. The summed E-state index contributed by atoms with van der Waals surface area (Å²) < 4.78 is 22.2. The van der Waals surface area contributed by atoms with Crippen molar-refractivity contribution >= 4 is 60.5 Å². The highest BCUT2D eigenvalue weighted by Crippen LogP contribution is 1.98. The molecule has 2 atom stereocenters. The quantitative estimate of drug-likeness (QED) is 0.126. The molecule has 0 aromatic carbocycles. The van der Waals surface area contributed by atoms with Gasteiger partial charge >= 0.3 is 23.9 Å². The molecule has 1 aliphatic heterocycles. The molecule has 20 heteroatoms. The molecule has 0 saturated carbocycles. The van der Waals surface area contributed by atoms with Crippen molar-refractivity contribution in [2.75, 3.05) is 92.1 Å². The lowest BCUT2D eigenvalue weighted by Crippen LogP contribution is -2.47. The van der Waals surface area contributed by atoms with Crippen LogP contribution in [0, 0.1) is 0 Å². The summed E-state index contributed by atoms with van der Waals surface area (Å²) in [4.78, 5) is 72.2. The average molecular weight is 682 g/mol. The molecule has 0 aliphatic carbocycles. The fourth-order valence-electron chi connectivity index (χ4n) is 3.59. The van der Waals surface area contributed by atoms with Gasteiger partial charge in [-0.25, -0.2) is 9.59 Å². The third-order valence-electron chi connectivity index (χ3n) is 5.71. The molecule has 0 aromatic rings. The number of carboxylic acids is 4. The fourth-order valence-corrected chi connectivity index (χ4v) is 3.59. The molecule has 6 N–H and O–H groups in total. The van der Waals surface area contributed by atoms with Crippen molar-refractivity contribution in [2.45, 2.75) is 24.9 Å². The van der Waals surface area contributed by atoms with Crippen molar-refractivity contribution in [2.24, 2.45) is 0 Å². The Labute approximate surface area is 266 Å². The van der Waals surface area contributed by atoms with E-state index >= 15 is 0 Å². The zero-order chi connectivity index (χ0) is 31.3. The number of carboxylic acid groups (broad SMARTS) is 4. The number of aliphatic carboxylic acids is 4. The minimum absolute atomic E-state index is 0. The van der Waals surface area contributed by atoms with Gasteiger partial charge in [-0.05, 0) is 0 Å². The van der Waals surface area contributed by atoms with Crippen molar-refractivity contribution in [1.82, 2.24) is 20.4 Å². The number of nitrogens with zero attached hydrogens (tertiary/aromatic N) is 2. The van der Waals surface area contributed by atoms with Crippen LogP contribution in [0.15, 0.2) is 0 Å². The predicted octanol–water partition coefficient (Wildman–Crippen LogP) is -2.40. The number of hydrogen-bond acceptors (Lipinski definition) is 12. The number of rotatable bonds is 12. The summed E-state index contributed by atoms with van der Waals surface area (Å²) in [6.07, 6.45) is -1.51. The van der Waals surface area contributed by atoms with Gasteiger partial charge in [-0.15, -0.1) is 24.8 Å². The Balaban J connectivity index is 0. The second kappa shape index (κ2) is 25.5. The molecular formula is C24H42Cl2N4O14. The largest absolute Gasteiger partial charge is 0.481 e. The fraction of sp³-hybridized carbons (Fsp3) is 0.750. The van der Waals surface area contributed by atoms with Crippen molar-refractivity contribution in [1.29, 1.82) is 0 Å². The molecule has 1 rings (SSSR count). The van der Waals surface area contributed by atoms with Crippen LogP contribution in [0.3, 0.4) is 0 Å². The third kappa shape index (κ3) is 21.8. The van der Waals surface area contributed by atoms with Crippen LogP contribution in [-0.4, -0.2) is 170 Å². The number of amides is 2. The molecule has 1 saturated heterocycles. The first-order valence-corrected chi connectivity index (χ1v) is 13.2. The Bertz CT molecular complexity index is 811. The van der Waals surface area contributed by atoms with Crippen LogP contribution in [0.5, 0.6) is 0 Å².